The monoisotopic (exact) mass is 456 g/mol. The van der Waals surface area contributed by atoms with Crippen molar-refractivity contribution in [1.82, 2.24) is 4.90 Å². The van der Waals surface area contributed by atoms with Gasteiger partial charge in [-0.05, 0) is 58.7 Å². The van der Waals surface area contributed by atoms with E-state index in [2.05, 4.69) is 12.1 Å². The highest BCUT2D eigenvalue weighted by atomic mass is 16.4. The van der Waals surface area contributed by atoms with Crippen LogP contribution in [0.4, 0.5) is 0 Å². The van der Waals surface area contributed by atoms with Gasteiger partial charge in [0.1, 0.15) is 6.04 Å². The van der Waals surface area contributed by atoms with Crippen LogP contribution in [0.3, 0.4) is 0 Å². The zero-order valence-electron chi connectivity index (χ0n) is 19.1. The maximum atomic E-state index is 13.7. The third-order valence-corrected chi connectivity index (χ3v) is 6.47. The van der Waals surface area contributed by atoms with Gasteiger partial charge in [0.2, 0.25) is 5.91 Å². The fraction of sp³-hybridized carbons (Fsp3) is 0.250. The number of nitrogens with two attached hydrogens (primary N) is 1. The van der Waals surface area contributed by atoms with E-state index in [1.165, 1.54) is 10.5 Å². The second-order valence-corrected chi connectivity index (χ2v) is 8.83. The van der Waals surface area contributed by atoms with Crippen molar-refractivity contribution in [1.29, 1.82) is 0 Å². The fourth-order valence-corrected chi connectivity index (χ4v) is 4.67. The number of carbonyl (C=O) groups excluding carboxylic acids is 2. The molecular formula is C28H28N2O4. The number of amides is 2. The SMILES string of the molecule is C[C@@H](CN(C(=O)c1ccc2c(c1)Cc1ccccc1-2)[C@@H](CCC(N)=O)C(=O)O)c1ccccc1. The molecule has 6 nitrogen and oxygen atoms in total. The maximum absolute atomic E-state index is 13.7. The molecule has 3 N–H and O–H groups in total. The van der Waals surface area contributed by atoms with Crippen molar-refractivity contribution in [3.8, 4) is 11.1 Å². The molecule has 1 aliphatic rings. The van der Waals surface area contributed by atoms with Gasteiger partial charge in [-0.15, -0.1) is 0 Å². The number of benzene rings is 3. The smallest absolute Gasteiger partial charge is 0.326 e. The van der Waals surface area contributed by atoms with Crippen LogP contribution in [-0.2, 0) is 16.0 Å². The van der Waals surface area contributed by atoms with E-state index in [0.29, 0.717) is 5.56 Å². The second-order valence-electron chi connectivity index (χ2n) is 8.83. The molecular weight excluding hydrogens is 428 g/mol. The molecule has 0 fully saturated rings. The van der Waals surface area contributed by atoms with Crippen LogP contribution in [0.25, 0.3) is 11.1 Å². The Kier molecular flexibility index (Phi) is 6.77. The van der Waals surface area contributed by atoms with Crippen LogP contribution >= 0.6 is 0 Å². The summed E-state index contributed by atoms with van der Waals surface area (Å²) in [6.07, 6.45) is 0.589. The molecule has 3 aromatic carbocycles. The molecule has 6 heteroatoms. The van der Waals surface area contributed by atoms with E-state index in [-0.39, 0.29) is 31.2 Å². The van der Waals surface area contributed by atoms with Gasteiger partial charge in [0, 0.05) is 18.5 Å². The molecule has 0 saturated carbocycles. The summed E-state index contributed by atoms with van der Waals surface area (Å²) < 4.78 is 0. The number of nitrogens with zero attached hydrogens (tertiary/aromatic N) is 1. The van der Waals surface area contributed by atoms with Crippen molar-refractivity contribution < 1.29 is 19.5 Å². The molecule has 0 spiro atoms. The molecule has 174 valence electrons. The summed E-state index contributed by atoms with van der Waals surface area (Å²) in [7, 11) is 0. The first-order valence-corrected chi connectivity index (χ1v) is 11.4. The lowest BCUT2D eigenvalue weighted by molar-refractivity contribution is -0.142. The summed E-state index contributed by atoms with van der Waals surface area (Å²) in [5, 5.41) is 9.96. The van der Waals surface area contributed by atoms with Gasteiger partial charge in [-0.2, -0.15) is 0 Å². The van der Waals surface area contributed by atoms with Gasteiger partial charge in [0.15, 0.2) is 0 Å². The zero-order chi connectivity index (χ0) is 24.2. The number of aliphatic carboxylic acids is 1. The lowest BCUT2D eigenvalue weighted by atomic mass is 9.97. The van der Waals surface area contributed by atoms with Gasteiger partial charge >= 0.3 is 5.97 Å². The van der Waals surface area contributed by atoms with Crippen LogP contribution < -0.4 is 5.73 Å². The van der Waals surface area contributed by atoms with E-state index >= 15 is 0 Å². The Morgan fingerprint density at radius 1 is 0.941 bits per heavy atom. The van der Waals surface area contributed by atoms with Crippen LogP contribution in [0.15, 0.2) is 72.8 Å². The summed E-state index contributed by atoms with van der Waals surface area (Å²) in [5.41, 5.74) is 11.3. The van der Waals surface area contributed by atoms with Gasteiger partial charge in [0.25, 0.3) is 5.91 Å². The number of primary amides is 1. The molecule has 4 rings (SSSR count). The zero-order valence-corrected chi connectivity index (χ0v) is 19.1. The number of carboxylic acids is 1. The predicted molar refractivity (Wildman–Crippen MR) is 130 cm³/mol. The molecule has 0 aromatic heterocycles. The van der Waals surface area contributed by atoms with E-state index in [1.807, 2.05) is 61.5 Å². The molecule has 0 heterocycles. The van der Waals surface area contributed by atoms with Crippen LogP contribution in [-0.4, -0.2) is 40.4 Å². The van der Waals surface area contributed by atoms with Crippen molar-refractivity contribution in [2.45, 2.75) is 38.1 Å². The van der Waals surface area contributed by atoms with E-state index < -0.39 is 17.9 Å². The largest absolute Gasteiger partial charge is 0.480 e. The average molecular weight is 457 g/mol. The molecule has 2 atom stereocenters. The first-order chi connectivity index (χ1) is 16.3. The van der Waals surface area contributed by atoms with Gasteiger partial charge in [-0.25, -0.2) is 4.79 Å². The Morgan fingerprint density at radius 2 is 1.62 bits per heavy atom. The van der Waals surface area contributed by atoms with Gasteiger partial charge in [-0.3, -0.25) is 9.59 Å². The third-order valence-electron chi connectivity index (χ3n) is 6.47. The standard InChI is InChI=1S/C28H28N2O4/c1-18(19-7-3-2-4-8-19)17-30(25(28(33)34)13-14-26(29)31)27(32)21-11-12-24-22(16-21)15-20-9-5-6-10-23(20)24/h2-12,16,18,25H,13-15,17H2,1H3,(H2,29,31)(H,33,34)/t18-,25-/m0/s1. The molecule has 1 aliphatic carbocycles. The Labute approximate surface area is 199 Å². The molecule has 0 saturated heterocycles. The minimum Gasteiger partial charge on any atom is -0.480 e. The minimum atomic E-state index is -1.16. The highest BCUT2D eigenvalue weighted by Crippen LogP contribution is 2.37. The molecule has 3 aromatic rings. The first kappa shape index (κ1) is 23.2. The third kappa shape index (κ3) is 4.86. The van der Waals surface area contributed by atoms with Crippen molar-refractivity contribution in [2.75, 3.05) is 6.54 Å². The molecule has 0 bridgehead atoms. The maximum Gasteiger partial charge on any atom is 0.326 e. The summed E-state index contributed by atoms with van der Waals surface area (Å²) in [6, 6.07) is 22.2. The van der Waals surface area contributed by atoms with Crippen LogP contribution in [0.2, 0.25) is 0 Å². The summed E-state index contributed by atoms with van der Waals surface area (Å²) in [6.45, 7) is 2.16. The molecule has 0 radical (unpaired) electrons. The quantitative estimate of drug-likeness (QED) is 0.394. The van der Waals surface area contributed by atoms with Crippen LogP contribution in [0.1, 0.15) is 52.7 Å². The normalized spacial score (nSPS) is 13.4. The van der Waals surface area contributed by atoms with Crippen LogP contribution in [0, 0.1) is 0 Å². The highest BCUT2D eigenvalue weighted by Gasteiger charge is 2.32. The van der Waals surface area contributed by atoms with Gasteiger partial charge < -0.3 is 15.7 Å². The summed E-state index contributed by atoms with van der Waals surface area (Å²) in [4.78, 5) is 38.7. The molecule has 0 unspecified atom stereocenters. The number of hydrogen-bond donors (Lipinski definition) is 2. The van der Waals surface area contributed by atoms with E-state index in [0.717, 1.165) is 28.7 Å². The van der Waals surface area contributed by atoms with Gasteiger partial charge in [-0.1, -0.05) is 67.6 Å². The Hall–Kier alpha value is -3.93. The lowest BCUT2D eigenvalue weighted by Gasteiger charge is -2.31. The van der Waals surface area contributed by atoms with Crippen molar-refractivity contribution >= 4 is 17.8 Å². The average Bonchev–Trinajstić information content (AvgIpc) is 3.21. The second kappa shape index (κ2) is 9.91. The van der Waals surface area contributed by atoms with Crippen LogP contribution in [0.5, 0.6) is 0 Å². The summed E-state index contributed by atoms with van der Waals surface area (Å²) in [5.74, 6) is -2.20. The van der Waals surface area contributed by atoms with E-state index in [4.69, 9.17) is 5.73 Å². The number of carbonyl (C=O) groups is 3. The Balaban J connectivity index is 1.66. The lowest BCUT2D eigenvalue weighted by Crippen LogP contribution is -2.47. The van der Waals surface area contributed by atoms with Crippen molar-refractivity contribution in [3.63, 3.8) is 0 Å². The molecule has 34 heavy (non-hydrogen) atoms. The number of carboxylic acid groups (broad SMARTS) is 1. The van der Waals surface area contributed by atoms with E-state index in [9.17, 15) is 19.5 Å². The molecule has 0 aliphatic heterocycles. The van der Waals surface area contributed by atoms with E-state index in [1.54, 1.807) is 6.07 Å². The number of rotatable bonds is 9. The minimum absolute atomic E-state index is 0.0334. The topological polar surface area (TPSA) is 101 Å². The molecule has 2 amide bonds. The summed E-state index contributed by atoms with van der Waals surface area (Å²) >= 11 is 0. The van der Waals surface area contributed by atoms with Crippen molar-refractivity contribution in [3.05, 3.63) is 95.1 Å². The fourth-order valence-electron chi connectivity index (χ4n) is 4.67. The number of hydrogen-bond acceptors (Lipinski definition) is 3. The van der Waals surface area contributed by atoms with Crippen molar-refractivity contribution in [2.24, 2.45) is 5.73 Å². The Bertz CT molecular complexity index is 1220. The van der Waals surface area contributed by atoms with Gasteiger partial charge in [0.05, 0.1) is 0 Å². The number of fused-ring (bicyclic) bond motifs is 3. The Morgan fingerprint density at radius 3 is 2.32 bits per heavy atom. The first-order valence-electron chi connectivity index (χ1n) is 11.4. The highest BCUT2D eigenvalue weighted by molar-refractivity contribution is 5.98. The predicted octanol–water partition coefficient (Wildman–Crippen LogP) is 4.22.